The summed E-state index contributed by atoms with van der Waals surface area (Å²) in [5.41, 5.74) is 2.28. The molecule has 0 fully saturated rings. The van der Waals surface area contributed by atoms with E-state index in [1.807, 2.05) is 36.6 Å². The van der Waals surface area contributed by atoms with Crippen LogP contribution in [0, 0.1) is 0 Å². The molecule has 0 aliphatic heterocycles. The Morgan fingerprint density at radius 3 is 2.41 bits per heavy atom. The van der Waals surface area contributed by atoms with Crippen molar-refractivity contribution in [3.63, 3.8) is 0 Å². The third kappa shape index (κ3) is 6.40. The Morgan fingerprint density at radius 2 is 1.78 bits per heavy atom. The Hall–Kier alpha value is -2.34. The highest BCUT2D eigenvalue weighted by molar-refractivity contribution is 7.98. The monoisotopic (exact) mass is 388 g/mol. The van der Waals surface area contributed by atoms with Crippen molar-refractivity contribution in [3.8, 4) is 11.5 Å². The highest BCUT2D eigenvalue weighted by Crippen LogP contribution is 2.28. The maximum Gasteiger partial charge on any atom is 0.317 e. The van der Waals surface area contributed by atoms with E-state index in [2.05, 4.69) is 17.4 Å². The number of nitrogens with zero attached hydrogens (tertiary/aromatic N) is 1. The molecule has 2 aromatic rings. The fourth-order valence-electron chi connectivity index (χ4n) is 2.74. The summed E-state index contributed by atoms with van der Waals surface area (Å²) in [6.07, 6.45) is 3.83. The first-order valence-electron chi connectivity index (χ1n) is 8.90. The smallest absolute Gasteiger partial charge is 0.317 e. The Kier molecular flexibility index (Phi) is 8.33. The Labute approximate surface area is 166 Å². The second kappa shape index (κ2) is 10.7. The fourth-order valence-corrected chi connectivity index (χ4v) is 3.29. The van der Waals surface area contributed by atoms with Crippen LogP contribution in [0.15, 0.2) is 47.4 Å². The molecule has 0 atom stereocenters. The lowest BCUT2D eigenvalue weighted by atomic mass is 10.1. The van der Waals surface area contributed by atoms with Gasteiger partial charge in [0, 0.05) is 25.0 Å². The van der Waals surface area contributed by atoms with Gasteiger partial charge >= 0.3 is 6.03 Å². The molecule has 0 aliphatic carbocycles. The minimum atomic E-state index is -0.0716. The van der Waals surface area contributed by atoms with Gasteiger partial charge in [-0.05, 0) is 54.5 Å². The fraction of sp³-hybridized carbons (Fsp3) is 0.381. The molecule has 27 heavy (non-hydrogen) atoms. The zero-order valence-electron chi connectivity index (χ0n) is 16.5. The lowest BCUT2D eigenvalue weighted by molar-refractivity contribution is 0.206. The molecule has 0 aromatic heterocycles. The van der Waals surface area contributed by atoms with Gasteiger partial charge in [0.1, 0.15) is 11.5 Å². The summed E-state index contributed by atoms with van der Waals surface area (Å²) in [7, 11) is 5.13. The van der Waals surface area contributed by atoms with Crippen molar-refractivity contribution < 1.29 is 14.3 Å². The number of benzene rings is 2. The zero-order chi connectivity index (χ0) is 19.6. The average molecular weight is 389 g/mol. The molecule has 0 saturated heterocycles. The number of hydrogen-bond acceptors (Lipinski definition) is 4. The van der Waals surface area contributed by atoms with Crippen molar-refractivity contribution in [2.45, 2.75) is 24.3 Å². The third-order valence-corrected chi connectivity index (χ3v) is 5.07. The van der Waals surface area contributed by atoms with Crippen molar-refractivity contribution in [2.24, 2.45) is 0 Å². The number of carbonyl (C=O) groups is 1. The predicted octanol–water partition coefficient (Wildman–Crippen LogP) is 4.20. The predicted molar refractivity (Wildman–Crippen MR) is 111 cm³/mol. The molecule has 0 unspecified atom stereocenters. The first kappa shape index (κ1) is 21.0. The summed E-state index contributed by atoms with van der Waals surface area (Å²) in [6.45, 7) is 1.18. The number of rotatable bonds is 9. The van der Waals surface area contributed by atoms with Gasteiger partial charge in [-0.15, -0.1) is 11.8 Å². The topological polar surface area (TPSA) is 50.8 Å². The lowest BCUT2D eigenvalue weighted by Gasteiger charge is -2.19. The van der Waals surface area contributed by atoms with Crippen LogP contribution in [0.5, 0.6) is 11.5 Å². The van der Waals surface area contributed by atoms with E-state index in [0.29, 0.717) is 13.1 Å². The van der Waals surface area contributed by atoms with E-state index in [0.717, 1.165) is 34.8 Å². The van der Waals surface area contributed by atoms with Gasteiger partial charge < -0.3 is 19.7 Å². The van der Waals surface area contributed by atoms with Gasteiger partial charge in [-0.2, -0.15) is 0 Å². The summed E-state index contributed by atoms with van der Waals surface area (Å²) in [6, 6.07) is 14.0. The van der Waals surface area contributed by atoms with Gasteiger partial charge in [0.05, 0.1) is 14.2 Å². The van der Waals surface area contributed by atoms with E-state index < -0.39 is 0 Å². The average Bonchev–Trinajstić information content (AvgIpc) is 2.71. The number of urea groups is 1. The standard InChI is InChI=1S/C21H28N2O3S/c1-23(15-17-9-12-20(27-4)19(14-17)26-3)21(24)22-13-5-6-16-7-10-18(25-2)11-8-16/h7-12,14H,5-6,13,15H2,1-4H3,(H,22,24). The van der Waals surface area contributed by atoms with E-state index in [1.165, 1.54) is 5.56 Å². The van der Waals surface area contributed by atoms with E-state index in [9.17, 15) is 4.79 Å². The van der Waals surface area contributed by atoms with Crippen molar-refractivity contribution in [2.75, 3.05) is 34.1 Å². The molecule has 1 N–H and O–H groups in total. The van der Waals surface area contributed by atoms with E-state index in [-0.39, 0.29) is 6.03 Å². The van der Waals surface area contributed by atoms with Gasteiger partial charge in [0.25, 0.3) is 0 Å². The van der Waals surface area contributed by atoms with Gasteiger partial charge in [0.15, 0.2) is 0 Å². The lowest BCUT2D eigenvalue weighted by Crippen LogP contribution is -2.37. The maximum atomic E-state index is 12.3. The first-order valence-corrected chi connectivity index (χ1v) is 10.1. The number of nitrogens with one attached hydrogen (secondary N) is 1. The van der Waals surface area contributed by atoms with Gasteiger partial charge in [-0.3, -0.25) is 0 Å². The normalized spacial score (nSPS) is 10.4. The summed E-state index contributed by atoms with van der Waals surface area (Å²) in [5, 5.41) is 2.97. The molecule has 0 heterocycles. The van der Waals surface area contributed by atoms with Gasteiger partial charge in [-0.1, -0.05) is 18.2 Å². The number of carbonyl (C=O) groups excluding carboxylic acids is 1. The van der Waals surface area contributed by atoms with Crippen molar-refractivity contribution in [1.29, 1.82) is 0 Å². The molecule has 0 aliphatic rings. The van der Waals surface area contributed by atoms with Crippen LogP contribution in [0.25, 0.3) is 0 Å². The van der Waals surface area contributed by atoms with Crippen LogP contribution < -0.4 is 14.8 Å². The molecular formula is C21H28N2O3S. The Balaban J connectivity index is 1.76. The summed E-state index contributed by atoms with van der Waals surface area (Å²) >= 11 is 1.64. The molecule has 0 radical (unpaired) electrons. The molecule has 5 nitrogen and oxygen atoms in total. The number of amides is 2. The van der Waals surface area contributed by atoms with Gasteiger partial charge in [-0.25, -0.2) is 4.79 Å². The van der Waals surface area contributed by atoms with Crippen molar-refractivity contribution in [3.05, 3.63) is 53.6 Å². The SMILES string of the molecule is COc1ccc(CCCNC(=O)N(C)Cc2ccc(SC)c(OC)c2)cc1. The largest absolute Gasteiger partial charge is 0.497 e. The minimum Gasteiger partial charge on any atom is -0.497 e. The first-order chi connectivity index (χ1) is 13.1. The number of methoxy groups -OCH3 is 2. The number of ether oxygens (including phenoxy) is 2. The molecule has 0 saturated carbocycles. The molecule has 2 aromatic carbocycles. The molecule has 6 heteroatoms. The van der Waals surface area contributed by atoms with E-state index in [1.54, 1.807) is 37.9 Å². The molecule has 2 rings (SSSR count). The number of hydrogen-bond donors (Lipinski definition) is 1. The van der Waals surface area contributed by atoms with Crippen LogP contribution in [-0.4, -0.2) is 45.0 Å². The zero-order valence-corrected chi connectivity index (χ0v) is 17.3. The molecule has 146 valence electrons. The highest BCUT2D eigenvalue weighted by Gasteiger charge is 2.10. The van der Waals surface area contributed by atoms with Crippen LogP contribution in [-0.2, 0) is 13.0 Å². The van der Waals surface area contributed by atoms with E-state index in [4.69, 9.17) is 9.47 Å². The number of thioether (sulfide) groups is 1. The van der Waals surface area contributed by atoms with Crippen LogP contribution in [0.3, 0.4) is 0 Å². The Morgan fingerprint density at radius 1 is 1.07 bits per heavy atom. The molecule has 0 bridgehead atoms. The molecule has 0 spiro atoms. The minimum absolute atomic E-state index is 0.0716. The maximum absolute atomic E-state index is 12.3. The van der Waals surface area contributed by atoms with Crippen LogP contribution in [0.1, 0.15) is 17.5 Å². The molecule has 2 amide bonds. The quantitative estimate of drug-likeness (QED) is 0.517. The molecular weight excluding hydrogens is 360 g/mol. The highest BCUT2D eigenvalue weighted by atomic mass is 32.2. The van der Waals surface area contributed by atoms with E-state index >= 15 is 0 Å². The second-order valence-corrected chi connectivity index (χ2v) is 7.08. The number of aryl methyl sites for hydroxylation is 1. The summed E-state index contributed by atoms with van der Waals surface area (Å²) in [4.78, 5) is 15.1. The van der Waals surface area contributed by atoms with Gasteiger partial charge in [0.2, 0.25) is 0 Å². The third-order valence-electron chi connectivity index (χ3n) is 4.29. The Bertz CT molecular complexity index is 735. The van der Waals surface area contributed by atoms with Crippen molar-refractivity contribution >= 4 is 17.8 Å². The van der Waals surface area contributed by atoms with Crippen LogP contribution >= 0.6 is 11.8 Å². The van der Waals surface area contributed by atoms with Crippen LogP contribution in [0.2, 0.25) is 0 Å². The van der Waals surface area contributed by atoms with Crippen LogP contribution in [0.4, 0.5) is 4.79 Å². The summed E-state index contributed by atoms with van der Waals surface area (Å²) < 4.78 is 10.6. The summed E-state index contributed by atoms with van der Waals surface area (Å²) in [5.74, 6) is 1.70. The van der Waals surface area contributed by atoms with Crippen molar-refractivity contribution in [1.82, 2.24) is 10.2 Å². The second-order valence-electron chi connectivity index (χ2n) is 6.23.